The van der Waals surface area contributed by atoms with Gasteiger partial charge < -0.3 is 15.1 Å². The highest BCUT2D eigenvalue weighted by Crippen LogP contribution is 2.28. The van der Waals surface area contributed by atoms with Gasteiger partial charge >= 0.3 is 5.97 Å². The second-order valence-corrected chi connectivity index (χ2v) is 4.87. The van der Waals surface area contributed by atoms with E-state index in [0.717, 1.165) is 16.7 Å². The molecule has 0 aliphatic carbocycles. The fraction of sp³-hybridized carbons (Fsp3) is 0.176. The number of benzene rings is 2. The zero-order chi connectivity index (χ0) is 16.1. The third-order valence-corrected chi connectivity index (χ3v) is 3.35. The molecule has 0 heterocycles. The second-order valence-electron chi connectivity index (χ2n) is 4.87. The molecule has 0 aromatic heterocycles. The SMILES string of the molecule is COc1ccc(-c2cccc(CC(=O)O)c2)cc1C(C)=NO. The number of nitrogens with zero attached hydrogens (tertiary/aromatic N) is 1. The van der Waals surface area contributed by atoms with Gasteiger partial charge in [0.25, 0.3) is 0 Å². The molecular weight excluding hydrogens is 282 g/mol. The number of carboxylic acids is 1. The van der Waals surface area contributed by atoms with Gasteiger partial charge in [-0.15, -0.1) is 0 Å². The summed E-state index contributed by atoms with van der Waals surface area (Å²) in [7, 11) is 1.55. The van der Waals surface area contributed by atoms with Crippen molar-refractivity contribution in [2.45, 2.75) is 13.3 Å². The maximum Gasteiger partial charge on any atom is 0.307 e. The van der Waals surface area contributed by atoms with Crippen molar-refractivity contribution in [2.24, 2.45) is 5.16 Å². The van der Waals surface area contributed by atoms with E-state index >= 15 is 0 Å². The number of carbonyl (C=O) groups is 1. The van der Waals surface area contributed by atoms with Gasteiger partial charge in [-0.1, -0.05) is 35.5 Å². The Kier molecular flexibility index (Phi) is 4.78. The normalized spacial score (nSPS) is 11.3. The molecule has 5 heteroatoms. The van der Waals surface area contributed by atoms with Crippen LogP contribution >= 0.6 is 0 Å². The predicted molar refractivity (Wildman–Crippen MR) is 83.8 cm³/mol. The molecule has 0 amide bonds. The first-order valence-electron chi connectivity index (χ1n) is 6.73. The molecule has 2 aromatic carbocycles. The van der Waals surface area contributed by atoms with E-state index in [0.29, 0.717) is 17.0 Å². The standard InChI is InChI=1S/C17H17NO4/c1-11(18-21)15-10-14(6-7-16(15)22-2)13-5-3-4-12(8-13)9-17(19)20/h3-8,10,21H,9H2,1-2H3,(H,19,20). The van der Waals surface area contributed by atoms with Gasteiger partial charge in [0.2, 0.25) is 0 Å². The summed E-state index contributed by atoms with van der Waals surface area (Å²) >= 11 is 0. The highest BCUT2D eigenvalue weighted by molar-refractivity contribution is 6.01. The van der Waals surface area contributed by atoms with Crippen molar-refractivity contribution >= 4 is 11.7 Å². The third kappa shape index (κ3) is 3.44. The Balaban J connectivity index is 2.47. The van der Waals surface area contributed by atoms with Gasteiger partial charge in [0.1, 0.15) is 5.75 Å². The number of oxime groups is 1. The number of rotatable bonds is 5. The monoisotopic (exact) mass is 299 g/mol. The summed E-state index contributed by atoms with van der Waals surface area (Å²) in [6, 6.07) is 12.9. The molecule has 0 spiro atoms. The summed E-state index contributed by atoms with van der Waals surface area (Å²) in [6.45, 7) is 1.68. The Morgan fingerprint density at radius 3 is 2.55 bits per heavy atom. The summed E-state index contributed by atoms with van der Waals surface area (Å²) in [5.74, 6) is -0.253. The Morgan fingerprint density at radius 1 is 1.18 bits per heavy atom. The topological polar surface area (TPSA) is 79.1 Å². The largest absolute Gasteiger partial charge is 0.496 e. The maximum absolute atomic E-state index is 10.8. The molecule has 0 fully saturated rings. The van der Waals surface area contributed by atoms with Crippen LogP contribution in [0.3, 0.4) is 0 Å². The van der Waals surface area contributed by atoms with Gasteiger partial charge in [-0.05, 0) is 35.7 Å². The van der Waals surface area contributed by atoms with Crippen molar-refractivity contribution in [1.82, 2.24) is 0 Å². The van der Waals surface area contributed by atoms with E-state index in [1.54, 1.807) is 26.2 Å². The van der Waals surface area contributed by atoms with E-state index in [4.69, 9.17) is 15.1 Å². The third-order valence-electron chi connectivity index (χ3n) is 3.35. The van der Waals surface area contributed by atoms with Crippen molar-refractivity contribution in [3.8, 4) is 16.9 Å². The van der Waals surface area contributed by atoms with E-state index in [-0.39, 0.29) is 6.42 Å². The highest BCUT2D eigenvalue weighted by Gasteiger charge is 2.10. The van der Waals surface area contributed by atoms with Crippen molar-refractivity contribution in [1.29, 1.82) is 0 Å². The molecular formula is C17H17NO4. The van der Waals surface area contributed by atoms with Gasteiger partial charge in [-0.25, -0.2) is 0 Å². The number of methoxy groups -OCH3 is 1. The number of hydrogen-bond acceptors (Lipinski definition) is 4. The number of carboxylic acid groups (broad SMARTS) is 1. The van der Waals surface area contributed by atoms with Crippen LogP contribution in [-0.2, 0) is 11.2 Å². The van der Waals surface area contributed by atoms with Crippen molar-refractivity contribution < 1.29 is 19.8 Å². The van der Waals surface area contributed by atoms with Crippen molar-refractivity contribution in [2.75, 3.05) is 7.11 Å². The van der Waals surface area contributed by atoms with Crippen LogP contribution in [0.5, 0.6) is 5.75 Å². The van der Waals surface area contributed by atoms with Crippen LogP contribution in [0.2, 0.25) is 0 Å². The van der Waals surface area contributed by atoms with E-state index in [2.05, 4.69) is 5.16 Å². The average molecular weight is 299 g/mol. The zero-order valence-corrected chi connectivity index (χ0v) is 12.4. The van der Waals surface area contributed by atoms with Crippen LogP contribution in [-0.4, -0.2) is 29.1 Å². The van der Waals surface area contributed by atoms with Crippen LogP contribution in [0.25, 0.3) is 11.1 Å². The fourth-order valence-electron chi connectivity index (χ4n) is 2.26. The van der Waals surface area contributed by atoms with E-state index in [9.17, 15) is 4.79 Å². The first-order valence-corrected chi connectivity index (χ1v) is 6.73. The molecule has 0 aliphatic heterocycles. The van der Waals surface area contributed by atoms with Crippen LogP contribution in [0.4, 0.5) is 0 Å². The lowest BCUT2D eigenvalue weighted by atomic mass is 9.98. The summed E-state index contributed by atoms with van der Waals surface area (Å²) < 4.78 is 5.27. The molecule has 0 aliphatic rings. The minimum atomic E-state index is -0.865. The van der Waals surface area contributed by atoms with Crippen LogP contribution < -0.4 is 4.74 Å². The van der Waals surface area contributed by atoms with Gasteiger partial charge in [0.15, 0.2) is 0 Å². The molecule has 0 saturated heterocycles. The maximum atomic E-state index is 10.8. The summed E-state index contributed by atoms with van der Waals surface area (Å²) in [5, 5.41) is 21.1. The molecule has 2 rings (SSSR count). The first-order chi connectivity index (χ1) is 10.5. The Labute approximate surface area is 128 Å². The molecule has 2 N–H and O–H groups in total. The molecule has 5 nitrogen and oxygen atoms in total. The number of aliphatic carboxylic acids is 1. The molecule has 0 saturated carbocycles. The molecule has 0 radical (unpaired) electrons. The predicted octanol–water partition coefficient (Wildman–Crippen LogP) is 3.19. The quantitative estimate of drug-likeness (QED) is 0.505. The van der Waals surface area contributed by atoms with Gasteiger partial charge in [-0.3, -0.25) is 4.79 Å². The van der Waals surface area contributed by atoms with Gasteiger partial charge in [0, 0.05) is 5.56 Å². The Bertz CT molecular complexity index is 722. The Morgan fingerprint density at radius 2 is 1.91 bits per heavy atom. The summed E-state index contributed by atoms with van der Waals surface area (Å²) in [4.78, 5) is 10.8. The van der Waals surface area contributed by atoms with Crippen LogP contribution in [0.15, 0.2) is 47.6 Å². The van der Waals surface area contributed by atoms with Gasteiger partial charge in [-0.2, -0.15) is 0 Å². The van der Waals surface area contributed by atoms with Crippen molar-refractivity contribution in [3.63, 3.8) is 0 Å². The zero-order valence-electron chi connectivity index (χ0n) is 12.4. The molecule has 0 bridgehead atoms. The minimum Gasteiger partial charge on any atom is -0.496 e. The minimum absolute atomic E-state index is 0.0199. The molecule has 22 heavy (non-hydrogen) atoms. The lowest BCUT2D eigenvalue weighted by Gasteiger charge is -2.11. The van der Waals surface area contributed by atoms with E-state index < -0.39 is 5.97 Å². The average Bonchev–Trinajstić information content (AvgIpc) is 2.53. The molecule has 2 aromatic rings. The second kappa shape index (κ2) is 6.76. The first kappa shape index (κ1) is 15.6. The van der Waals surface area contributed by atoms with Crippen LogP contribution in [0, 0.1) is 0 Å². The van der Waals surface area contributed by atoms with Crippen LogP contribution in [0.1, 0.15) is 18.1 Å². The Hall–Kier alpha value is -2.82. The number of hydrogen-bond donors (Lipinski definition) is 2. The number of ether oxygens (including phenoxy) is 1. The summed E-state index contributed by atoms with van der Waals surface area (Å²) in [6.07, 6.45) is -0.0199. The smallest absolute Gasteiger partial charge is 0.307 e. The molecule has 0 atom stereocenters. The molecule has 114 valence electrons. The lowest BCUT2D eigenvalue weighted by Crippen LogP contribution is -2.01. The summed E-state index contributed by atoms with van der Waals surface area (Å²) in [5.41, 5.74) is 3.65. The van der Waals surface area contributed by atoms with Gasteiger partial charge in [0.05, 0.1) is 19.2 Å². The van der Waals surface area contributed by atoms with Crippen molar-refractivity contribution in [3.05, 3.63) is 53.6 Å². The lowest BCUT2D eigenvalue weighted by molar-refractivity contribution is -0.136. The van der Waals surface area contributed by atoms with E-state index in [1.807, 2.05) is 30.3 Å². The fourth-order valence-corrected chi connectivity index (χ4v) is 2.26. The van der Waals surface area contributed by atoms with E-state index in [1.165, 1.54) is 0 Å². The highest BCUT2D eigenvalue weighted by atomic mass is 16.5. The molecule has 0 unspecified atom stereocenters.